The van der Waals surface area contributed by atoms with E-state index in [1.54, 1.807) is 11.3 Å². The van der Waals surface area contributed by atoms with Crippen LogP contribution in [0.5, 0.6) is 0 Å². The molecule has 124 valence electrons. The average molecular weight is 348 g/mol. The van der Waals surface area contributed by atoms with Crippen molar-refractivity contribution in [2.24, 2.45) is 0 Å². The van der Waals surface area contributed by atoms with Gasteiger partial charge in [0.1, 0.15) is 6.04 Å². The van der Waals surface area contributed by atoms with Crippen LogP contribution in [0.25, 0.3) is 10.7 Å². The lowest BCUT2D eigenvalue weighted by molar-refractivity contribution is -0.116. The number of rotatable bonds is 2. The molecule has 0 amide bonds. The van der Waals surface area contributed by atoms with Gasteiger partial charge in [-0.25, -0.2) is 4.68 Å². The van der Waals surface area contributed by atoms with Gasteiger partial charge < -0.3 is 5.32 Å². The summed E-state index contributed by atoms with van der Waals surface area (Å²) in [5, 5.41) is 10.1. The molecular weight excluding hydrogens is 332 g/mol. The molecule has 2 aromatic heterocycles. The molecule has 1 aromatic carbocycles. The number of Topliss-reactive ketones (excluding diaryl/α,β-unsaturated/α-hetero) is 1. The van der Waals surface area contributed by atoms with E-state index in [9.17, 15) is 4.79 Å². The molecule has 5 nitrogen and oxygen atoms in total. The van der Waals surface area contributed by atoms with Crippen molar-refractivity contribution in [2.75, 3.05) is 5.32 Å². The third kappa shape index (κ3) is 2.33. The van der Waals surface area contributed by atoms with E-state index in [1.165, 1.54) is 0 Å². The van der Waals surface area contributed by atoms with Crippen molar-refractivity contribution in [3.63, 3.8) is 0 Å². The fourth-order valence-electron chi connectivity index (χ4n) is 3.61. The van der Waals surface area contributed by atoms with Crippen LogP contribution in [-0.4, -0.2) is 20.5 Å². The topological polar surface area (TPSA) is 59.8 Å². The van der Waals surface area contributed by atoms with Crippen LogP contribution in [0.3, 0.4) is 0 Å². The van der Waals surface area contributed by atoms with Crippen molar-refractivity contribution in [1.29, 1.82) is 0 Å². The van der Waals surface area contributed by atoms with E-state index < -0.39 is 0 Å². The van der Waals surface area contributed by atoms with Gasteiger partial charge >= 0.3 is 0 Å². The van der Waals surface area contributed by atoms with E-state index >= 15 is 0 Å². The third-order valence-corrected chi connectivity index (χ3v) is 5.59. The Morgan fingerprint density at radius 2 is 2.00 bits per heavy atom. The van der Waals surface area contributed by atoms with Gasteiger partial charge in [0.25, 0.3) is 0 Å². The molecule has 0 saturated carbocycles. The summed E-state index contributed by atoms with van der Waals surface area (Å²) in [7, 11) is 0. The van der Waals surface area contributed by atoms with Gasteiger partial charge in [-0.1, -0.05) is 36.4 Å². The number of carbonyl (C=O) groups is 1. The Bertz CT molecular complexity index is 972. The number of hydrogen-bond donors (Lipinski definition) is 1. The van der Waals surface area contributed by atoms with Gasteiger partial charge in [-0.2, -0.15) is 4.98 Å². The normalized spacial score (nSPS) is 19.4. The summed E-state index contributed by atoms with van der Waals surface area (Å²) in [6.07, 6.45) is 2.37. The minimum absolute atomic E-state index is 0.207. The van der Waals surface area contributed by atoms with Gasteiger partial charge in [0.2, 0.25) is 5.95 Å². The molecular formula is C19H16N4OS. The summed E-state index contributed by atoms with van der Waals surface area (Å²) in [4.78, 5) is 18.4. The van der Waals surface area contributed by atoms with Crippen LogP contribution in [0.1, 0.15) is 30.9 Å². The Morgan fingerprint density at radius 3 is 2.80 bits per heavy atom. The van der Waals surface area contributed by atoms with Gasteiger partial charge in [-0.05, 0) is 29.9 Å². The number of thiophene rings is 1. The zero-order valence-corrected chi connectivity index (χ0v) is 14.3. The standard InChI is InChI=1S/C19H16N4OS/c24-14-9-4-8-13-16(14)17(12-6-2-1-3-7-12)23-19(20-13)21-18(22-23)15-10-5-11-25-15/h1-3,5-7,10-11,17H,4,8-9H2,(H,20,21,22). The number of carbonyl (C=O) groups excluding carboxylic acids is 1. The maximum Gasteiger partial charge on any atom is 0.226 e. The summed E-state index contributed by atoms with van der Waals surface area (Å²) in [5.74, 6) is 1.62. The van der Waals surface area contributed by atoms with Crippen molar-refractivity contribution in [1.82, 2.24) is 14.8 Å². The maximum atomic E-state index is 12.7. The van der Waals surface area contributed by atoms with Crippen LogP contribution >= 0.6 is 11.3 Å². The van der Waals surface area contributed by atoms with Gasteiger partial charge in [0.05, 0.1) is 4.88 Å². The van der Waals surface area contributed by atoms with E-state index in [2.05, 4.69) is 17.4 Å². The fraction of sp³-hybridized carbons (Fsp3) is 0.211. The molecule has 0 fully saturated rings. The first-order chi connectivity index (χ1) is 12.3. The zero-order valence-electron chi connectivity index (χ0n) is 13.5. The highest BCUT2D eigenvalue weighted by Crippen LogP contribution is 2.40. The summed E-state index contributed by atoms with van der Waals surface area (Å²) in [6, 6.07) is 13.9. The van der Waals surface area contributed by atoms with Crippen molar-refractivity contribution in [3.05, 3.63) is 64.7 Å². The van der Waals surface area contributed by atoms with E-state index in [-0.39, 0.29) is 11.8 Å². The highest BCUT2D eigenvalue weighted by molar-refractivity contribution is 7.13. The first-order valence-corrected chi connectivity index (χ1v) is 9.28. The number of nitrogens with one attached hydrogen (secondary N) is 1. The van der Waals surface area contributed by atoms with Crippen molar-refractivity contribution in [2.45, 2.75) is 25.3 Å². The molecule has 3 aromatic rings. The van der Waals surface area contributed by atoms with Crippen LogP contribution in [0.2, 0.25) is 0 Å². The van der Waals surface area contributed by atoms with Crippen molar-refractivity contribution in [3.8, 4) is 10.7 Å². The van der Waals surface area contributed by atoms with Crippen LogP contribution in [0, 0.1) is 0 Å². The zero-order chi connectivity index (χ0) is 16.8. The molecule has 25 heavy (non-hydrogen) atoms. The highest BCUT2D eigenvalue weighted by Gasteiger charge is 2.36. The number of hydrogen-bond acceptors (Lipinski definition) is 5. The number of ketones is 1. The minimum atomic E-state index is -0.207. The van der Waals surface area contributed by atoms with E-state index in [0.717, 1.165) is 34.6 Å². The SMILES string of the molecule is O=C1CCCC2=C1C(c1ccccc1)n1nc(-c3cccs3)nc1N2. The molecule has 1 unspecified atom stereocenters. The fourth-order valence-corrected chi connectivity index (χ4v) is 4.26. The van der Waals surface area contributed by atoms with Gasteiger partial charge in [0.15, 0.2) is 11.6 Å². The number of fused-ring (bicyclic) bond motifs is 1. The first kappa shape index (κ1) is 14.6. The lowest BCUT2D eigenvalue weighted by Crippen LogP contribution is -2.31. The first-order valence-electron chi connectivity index (χ1n) is 8.40. The quantitative estimate of drug-likeness (QED) is 0.760. The van der Waals surface area contributed by atoms with Crippen molar-refractivity contribution < 1.29 is 4.79 Å². The molecule has 1 aliphatic carbocycles. The van der Waals surface area contributed by atoms with Crippen LogP contribution in [-0.2, 0) is 4.79 Å². The smallest absolute Gasteiger partial charge is 0.226 e. The Hall–Kier alpha value is -2.73. The number of allylic oxidation sites excluding steroid dienone is 2. The van der Waals surface area contributed by atoms with Gasteiger partial charge in [-0.15, -0.1) is 16.4 Å². The second kappa shape index (κ2) is 5.67. The maximum absolute atomic E-state index is 12.7. The Morgan fingerprint density at radius 1 is 1.12 bits per heavy atom. The lowest BCUT2D eigenvalue weighted by Gasteiger charge is -2.32. The molecule has 6 heteroatoms. The molecule has 5 rings (SSSR count). The molecule has 0 radical (unpaired) electrons. The third-order valence-electron chi connectivity index (χ3n) is 4.72. The predicted octanol–water partition coefficient (Wildman–Crippen LogP) is 4.03. The molecule has 0 bridgehead atoms. The number of benzene rings is 1. The second-order valence-electron chi connectivity index (χ2n) is 6.29. The largest absolute Gasteiger partial charge is 0.328 e. The molecule has 1 N–H and O–H groups in total. The van der Waals surface area contributed by atoms with Gasteiger partial charge in [0, 0.05) is 17.7 Å². The Labute approximate surface area is 149 Å². The lowest BCUT2D eigenvalue weighted by atomic mass is 9.85. The summed E-state index contributed by atoms with van der Waals surface area (Å²) >= 11 is 1.62. The van der Waals surface area contributed by atoms with Gasteiger partial charge in [-0.3, -0.25) is 4.79 Å². The van der Waals surface area contributed by atoms with E-state index in [4.69, 9.17) is 10.1 Å². The van der Waals surface area contributed by atoms with Crippen LogP contribution < -0.4 is 5.32 Å². The summed E-state index contributed by atoms with van der Waals surface area (Å²) < 4.78 is 1.87. The number of aromatic nitrogens is 3. The Kier molecular flexibility index (Phi) is 3.31. The molecule has 0 spiro atoms. The molecule has 2 aliphatic rings. The minimum Gasteiger partial charge on any atom is -0.328 e. The number of nitrogens with zero attached hydrogens (tertiary/aromatic N) is 3. The Balaban J connectivity index is 1.70. The highest BCUT2D eigenvalue weighted by atomic mass is 32.1. The monoisotopic (exact) mass is 348 g/mol. The average Bonchev–Trinajstić information content (AvgIpc) is 3.30. The molecule has 0 saturated heterocycles. The van der Waals surface area contributed by atoms with Crippen LogP contribution in [0.4, 0.5) is 5.95 Å². The predicted molar refractivity (Wildman–Crippen MR) is 97.4 cm³/mol. The van der Waals surface area contributed by atoms with Crippen LogP contribution in [0.15, 0.2) is 59.1 Å². The molecule has 3 heterocycles. The summed E-state index contributed by atoms with van der Waals surface area (Å²) in [6.45, 7) is 0. The van der Waals surface area contributed by atoms with E-state index in [1.807, 2.05) is 40.4 Å². The summed E-state index contributed by atoms with van der Waals surface area (Å²) in [5.41, 5.74) is 2.91. The number of anilines is 1. The molecule has 1 aliphatic heterocycles. The second-order valence-corrected chi connectivity index (χ2v) is 7.24. The van der Waals surface area contributed by atoms with E-state index in [0.29, 0.717) is 18.2 Å². The van der Waals surface area contributed by atoms with Crippen molar-refractivity contribution >= 4 is 23.1 Å². The molecule has 1 atom stereocenters.